The largest absolute Gasteiger partial charge is 0.310 e. The Kier molecular flexibility index (Phi) is 7.79. The fourth-order valence-corrected chi connectivity index (χ4v) is 6.05. The van der Waals surface area contributed by atoms with E-state index in [2.05, 4.69) is 23.2 Å². The van der Waals surface area contributed by atoms with Gasteiger partial charge in [0.05, 0.1) is 32.7 Å². The lowest BCUT2D eigenvalue weighted by atomic mass is 10.2. The first-order valence-electron chi connectivity index (χ1n) is 12.1. The molecule has 0 aliphatic heterocycles. The zero-order valence-corrected chi connectivity index (χ0v) is 23.5. The minimum absolute atomic E-state index is 0.169. The number of hydrogen-bond donors (Lipinski definition) is 0. The highest BCUT2D eigenvalue weighted by atomic mass is 35.5. The van der Waals surface area contributed by atoms with Crippen LogP contribution in [0.3, 0.4) is 0 Å². The Morgan fingerprint density at radius 2 is 1.80 bits per heavy atom. The van der Waals surface area contributed by atoms with Gasteiger partial charge in [-0.25, -0.2) is 13.1 Å². The summed E-state index contributed by atoms with van der Waals surface area (Å²) in [7, 11) is -3.58. The van der Waals surface area contributed by atoms with Gasteiger partial charge < -0.3 is 4.90 Å². The van der Waals surface area contributed by atoms with Gasteiger partial charge in [-0.3, -0.25) is 9.78 Å². The summed E-state index contributed by atoms with van der Waals surface area (Å²) in [5.41, 5.74) is 3.09. The highest BCUT2D eigenvalue weighted by Gasteiger charge is 2.23. The molecule has 0 radical (unpaired) electrons. The minimum Gasteiger partial charge on any atom is -0.310 e. The molecule has 10 heteroatoms. The van der Waals surface area contributed by atoms with Crippen LogP contribution in [0.15, 0.2) is 121 Å². The lowest BCUT2D eigenvalue weighted by Crippen LogP contribution is -2.25. The molecule has 0 aliphatic rings. The van der Waals surface area contributed by atoms with Crippen LogP contribution in [-0.4, -0.2) is 34.0 Å². The topological polar surface area (TPSA) is 85.2 Å². The number of amides is 1. The molecule has 0 saturated carbocycles. The van der Waals surface area contributed by atoms with Gasteiger partial charge >= 0.3 is 0 Å². The predicted molar refractivity (Wildman–Crippen MR) is 159 cm³/mol. The molecule has 0 fully saturated rings. The van der Waals surface area contributed by atoms with Gasteiger partial charge in [-0.2, -0.15) is 5.10 Å². The highest BCUT2D eigenvalue weighted by molar-refractivity contribution is 7.94. The van der Waals surface area contributed by atoms with Crippen LogP contribution in [0.1, 0.15) is 16.1 Å². The molecule has 0 N–H and O–H groups in total. The van der Waals surface area contributed by atoms with E-state index in [1.54, 1.807) is 41.3 Å². The van der Waals surface area contributed by atoms with Crippen molar-refractivity contribution in [3.8, 4) is 26.7 Å². The Labute approximate surface area is 241 Å². The zero-order valence-electron chi connectivity index (χ0n) is 21.1. The standard InChI is InChI=1S/C30H23ClN4O3S2/c1-3-34(20-21-9-8-16-32-19-21)30(36)25-18-27(35(33-25)26-13-6-5-12-24(26)31)29-15-14-28(39-29)22-10-7-11-23(17-22)40(37,38)4-2/h3-19H,1-2,20H2. The predicted octanol–water partition coefficient (Wildman–Crippen LogP) is 7.02. The van der Waals surface area contributed by atoms with Crippen LogP contribution in [0.2, 0.25) is 5.02 Å². The van der Waals surface area contributed by atoms with Gasteiger partial charge in [-0.1, -0.05) is 55.1 Å². The average Bonchev–Trinajstić information content (AvgIpc) is 3.64. The van der Waals surface area contributed by atoms with E-state index in [1.165, 1.54) is 28.5 Å². The molecule has 0 saturated heterocycles. The Morgan fingerprint density at radius 1 is 1.00 bits per heavy atom. The Hall–Kier alpha value is -4.31. The van der Waals surface area contributed by atoms with Crippen molar-refractivity contribution in [3.63, 3.8) is 0 Å². The van der Waals surface area contributed by atoms with E-state index in [1.807, 2.05) is 48.5 Å². The summed E-state index contributed by atoms with van der Waals surface area (Å²) in [4.78, 5) is 21.0. The third kappa shape index (κ3) is 5.53. The molecule has 0 bridgehead atoms. The Bertz CT molecular complexity index is 1830. The number of para-hydroxylation sites is 1. The monoisotopic (exact) mass is 586 g/mol. The van der Waals surface area contributed by atoms with Gasteiger partial charge in [0, 0.05) is 28.9 Å². The van der Waals surface area contributed by atoms with E-state index in [4.69, 9.17) is 11.6 Å². The smallest absolute Gasteiger partial charge is 0.278 e. The normalized spacial score (nSPS) is 11.2. The van der Waals surface area contributed by atoms with Crippen molar-refractivity contribution in [1.82, 2.24) is 19.7 Å². The van der Waals surface area contributed by atoms with Crippen LogP contribution in [0.5, 0.6) is 0 Å². The molecule has 5 aromatic rings. The number of carbonyl (C=O) groups excluding carboxylic acids is 1. The van der Waals surface area contributed by atoms with E-state index in [-0.39, 0.29) is 23.0 Å². The maximum absolute atomic E-state index is 13.5. The molecule has 3 aromatic heterocycles. The van der Waals surface area contributed by atoms with Gasteiger partial charge in [0.15, 0.2) is 15.5 Å². The van der Waals surface area contributed by atoms with Crippen LogP contribution in [0, 0.1) is 0 Å². The van der Waals surface area contributed by atoms with E-state index in [9.17, 15) is 13.2 Å². The molecule has 5 rings (SSSR count). The van der Waals surface area contributed by atoms with Crippen molar-refractivity contribution in [2.75, 3.05) is 0 Å². The molecule has 1 amide bonds. The van der Waals surface area contributed by atoms with Gasteiger partial charge in [0.25, 0.3) is 5.91 Å². The number of hydrogen-bond acceptors (Lipinski definition) is 6. The number of pyridine rings is 1. The SMILES string of the molecule is C=CN(Cc1cccnc1)C(=O)c1cc(-c2ccc(-c3cccc(S(=O)(=O)C=C)c3)s2)n(-c2ccccc2Cl)n1. The molecule has 3 heterocycles. The number of nitrogens with zero attached hydrogens (tertiary/aromatic N) is 4. The Balaban J connectivity index is 1.56. The molecule has 0 aliphatic carbocycles. The second kappa shape index (κ2) is 11.4. The maximum atomic E-state index is 13.5. The molecule has 0 spiro atoms. The summed E-state index contributed by atoms with van der Waals surface area (Å²) < 4.78 is 26.3. The Morgan fingerprint density at radius 3 is 2.52 bits per heavy atom. The minimum atomic E-state index is -3.58. The number of aromatic nitrogens is 3. The van der Waals surface area contributed by atoms with Crippen molar-refractivity contribution >= 4 is 38.7 Å². The molecule has 7 nitrogen and oxygen atoms in total. The third-order valence-electron chi connectivity index (χ3n) is 6.09. The second-order valence-electron chi connectivity index (χ2n) is 8.66. The summed E-state index contributed by atoms with van der Waals surface area (Å²) in [6, 6.07) is 23.2. The molecule has 200 valence electrons. The molecule has 2 aromatic carbocycles. The highest BCUT2D eigenvalue weighted by Crippen LogP contribution is 2.37. The van der Waals surface area contributed by atoms with Crippen molar-refractivity contribution in [3.05, 3.63) is 132 Å². The maximum Gasteiger partial charge on any atom is 0.278 e. The quantitative estimate of drug-likeness (QED) is 0.185. The van der Waals surface area contributed by atoms with Crippen molar-refractivity contribution in [1.29, 1.82) is 0 Å². The summed E-state index contributed by atoms with van der Waals surface area (Å²) in [5, 5.41) is 6.07. The van der Waals surface area contributed by atoms with E-state index >= 15 is 0 Å². The first kappa shape index (κ1) is 27.3. The molecule has 40 heavy (non-hydrogen) atoms. The number of rotatable bonds is 9. The van der Waals surface area contributed by atoms with Crippen LogP contribution < -0.4 is 0 Å². The van der Waals surface area contributed by atoms with Crippen molar-refractivity contribution in [2.45, 2.75) is 11.4 Å². The van der Waals surface area contributed by atoms with Crippen molar-refractivity contribution in [2.24, 2.45) is 0 Å². The molecule has 0 atom stereocenters. The number of benzene rings is 2. The zero-order chi connectivity index (χ0) is 28.3. The lowest BCUT2D eigenvalue weighted by molar-refractivity contribution is 0.0808. The van der Waals surface area contributed by atoms with Gasteiger partial charge in [-0.15, -0.1) is 11.3 Å². The second-order valence-corrected chi connectivity index (χ2v) is 12.0. The summed E-state index contributed by atoms with van der Waals surface area (Å²) >= 11 is 7.98. The molecular formula is C30H23ClN4O3S2. The average molecular weight is 587 g/mol. The fraction of sp³-hybridized carbons (Fsp3) is 0.0333. The summed E-state index contributed by atoms with van der Waals surface area (Å²) in [6.45, 7) is 7.51. The van der Waals surface area contributed by atoms with E-state index < -0.39 is 9.84 Å². The first-order chi connectivity index (χ1) is 19.3. The molecular weight excluding hydrogens is 564 g/mol. The number of carbonyl (C=O) groups is 1. The summed E-state index contributed by atoms with van der Waals surface area (Å²) in [6.07, 6.45) is 4.84. The fourth-order valence-electron chi connectivity index (χ4n) is 4.08. The van der Waals surface area contributed by atoms with Gasteiger partial charge in [-0.05, 0) is 59.7 Å². The first-order valence-corrected chi connectivity index (χ1v) is 14.8. The van der Waals surface area contributed by atoms with Crippen molar-refractivity contribution < 1.29 is 13.2 Å². The third-order valence-corrected chi connectivity index (χ3v) is 8.92. The number of halogens is 1. The number of sulfone groups is 1. The summed E-state index contributed by atoms with van der Waals surface area (Å²) in [5.74, 6) is -0.329. The van der Waals surface area contributed by atoms with E-state index in [0.717, 1.165) is 26.3 Å². The van der Waals surface area contributed by atoms with Gasteiger partial charge in [0.2, 0.25) is 0 Å². The van der Waals surface area contributed by atoms with Crippen LogP contribution in [0.25, 0.3) is 26.7 Å². The van der Waals surface area contributed by atoms with Gasteiger partial charge in [0.1, 0.15) is 0 Å². The van der Waals surface area contributed by atoms with E-state index in [0.29, 0.717) is 16.4 Å². The lowest BCUT2D eigenvalue weighted by Gasteiger charge is -2.16. The van der Waals surface area contributed by atoms with Crippen LogP contribution in [-0.2, 0) is 16.4 Å². The number of thiophene rings is 1. The van der Waals surface area contributed by atoms with Crippen LogP contribution in [0.4, 0.5) is 0 Å². The van der Waals surface area contributed by atoms with Crippen LogP contribution >= 0.6 is 22.9 Å². The molecule has 0 unspecified atom stereocenters.